The van der Waals surface area contributed by atoms with Crippen LogP contribution in [0.3, 0.4) is 0 Å². The number of rotatable bonds is 5. The number of aryl methyl sites for hydroxylation is 1. The normalized spacial score (nSPS) is 11.1. The number of para-hydroxylation sites is 2. The Labute approximate surface area is 134 Å². The van der Waals surface area contributed by atoms with E-state index in [1.54, 1.807) is 31.2 Å². The van der Waals surface area contributed by atoms with E-state index in [0.717, 1.165) is 10.4 Å². The molecule has 0 N–H and O–H groups in total. The first-order valence-corrected chi connectivity index (χ1v) is 8.10. The maximum Gasteiger partial charge on any atom is 0.270 e. The molecule has 0 amide bonds. The van der Waals surface area contributed by atoms with Crippen molar-refractivity contribution in [2.24, 2.45) is 0 Å². The van der Waals surface area contributed by atoms with E-state index in [-0.39, 0.29) is 10.6 Å². The van der Waals surface area contributed by atoms with Crippen molar-refractivity contribution in [1.82, 2.24) is 0 Å². The Kier molecular flexibility index (Phi) is 4.55. The van der Waals surface area contributed by atoms with E-state index in [9.17, 15) is 18.5 Å². The molecule has 7 nitrogen and oxygen atoms in total. The highest BCUT2D eigenvalue weighted by atomic mass is 32.2. The molecule has 0 aliphatic carbocycles. The summed E-state index contributed by atoms with van der Waals surface area (Å²) < 4.78 is 31.9. The quantitative estimate of drug-likeness (QED) is 0.618. The minimum Gasteiger partial charge on any atom is -0.495 e. The molecule has 0 heterocycles. The molecule has 23 heavy (non-hydrogen) atoms. The van der Waals surface area contributed by atoms with Gasteiger partial charge in [0, 0.05) is 19.2 Å². The van der Waals surface area contributed by atoms with E-state index in [2.05, 4.69) is 0 Å². The number of ether oxygens (including phenoxy) is 1. The first-order chi connectivity index (χ1) is 10.8. The third-order valence-electron chi connectivity index (χ3n) is 3.45. The molecule has 0 atom stereocenters. The topological polar surface area (TPSA) is 89.8 Å². The molecule has 0 radical (unpaired) electrons. The number of anilines is 1. The molecule has 0 saturated carbocycles. The van der Waals surface area contributed by atoms with Crippen molar-refractivity contribution < 1.29 is 18.1 Å². The second-order valence-corrected chi connectivity index (χ2v) is 6.79. The molecular formula is C15H16N2O5S. The number of non-ortho nitro benzene ring substituents is 1. The number of sulfonamides is 1. The number of nitro groups is 1. The molecule has 0 fully saturated rings. The largest absolute Gasteiger partial charge is 0.495 e. The number of hydrogen-bond donors (Lipinski definition) is 0. The summed E-state index contributed by atoms with van der Waals surface area (Å²) in [6.45, 7) is 1.59. The Morgan fingerprint density at radius 3 is 2.43 bits per heavy atom. The molecule has 2 aromatic carbocycles. The van der Waals surface area contributed by atoms with Gasteiger partial charge in [0.1, 0.15) is 5.75 Å². The number of nitrogens with zero attached hydrogens (tertiary/aromatic N) is 2. The lowest BCUT2D eigenvalue weighted by atomic mass is 10.2. The molecule has 8 heteroatoms. The van der Waals surface area contributed by atoms with Crippen molar-refractivity contribution >= 4 is 21.4 Å². The van der Waals surface area contributed by atoms with Crippen LogP contribution in [0.4, 0.5) is 11.4 Å². The van der Waals surface area contributed by atoms with E-state index < -0.39 is 14.9 Å². The third kappa shape index (κ3) is 3.11. The zero-order valence-corrected chi connectivity index (χ0v) is 13.7. The number of hydrogen-bond acceptors (Lipinski definition) is 5. The molecule has 0 aromatic heterocycles. The van der Waals surface area contributed by atoms with E-state index in [1.807, 2.05) is 0 Å². The van der Waals surface area contributed by atoms with Gasteiger partial charge in [-0.1, -0.05) is 18.2 Å². The molecule has 0 aliphatic rings. The van der Waals surface area contributed by atoms with Crippen molar-refractivity contribution in [3.05, 3.63) is 58.1 Å². The molecule has 0 bridgehead atoms. The fourth-order valence-electron chi connectivity index (χ4n) is 2.15. The maximum absolute atomic E-state index is 12.8. The summed E-state index contributed by atoms with van der Waals surface area (Å²) in [4.78, 5) is 10.2. The van der Waals surface area contributed by atoms with Crippen molar-refractivity contribution in [2.45, 2.75) is 11.8 Å². The van der Waals surface area contributed by atoms with Crippen LogP contribution in [0.1, 0.15) is 5.56 Å². The summed E-state index contributed by atoms with van der Waals surface area (Å²) in [5.41, 5.74) is 0.501. The van der Waals surface area contributed by atoms with Gasteiger partial charge in [0.25, 0.3) is 15.7 Å². The van der Waals surface area contributed by atoms with Crippen molar-refractivity contribution in [1.29, 1.82) is 0 Å². The monoisotopic (exact) mass is 336 g/mol. The smallest absolute Gasteiger partial charge is 0.270 e. The zero-order chi connectivity index (χ0) is 17.2. The van der Waals surface area contributed by atoms with E-state index in [0.29, 0.717) is 17.0 Å². The molecule has 2 rings (SSSR count). The lowest BCUT2D eigenvalue weighted by Gasteiger charge is -2.22. The Hall–Kier alpha value is -2.61. The Balaban J connectivity index is 2.58. The van der Waals surface area contributed by atoms with E-state index in [1.165, 1.54) is 26.3 Å². The highest BCUT2D eigenvalue weighted by molar-refractivity contribution is 7.92. The van der Waals surface area contributed by atoms with E-state index >= 15 is 0 Å². The van der Waals surface area contributed by atoms with Gasteiger partial charge in [-0.2, -0.15) is 0 Å². The van der Waals surface area contributed by atoms with Crippen molar-refractivity contribution in [2.75, 3.05) is 18.5 Å². The van der Waals surface area contributed by atoms with Gasteiger partial charge in [0.2, 0.25) is 0 Å². The van der Waals surface area contributed by atoms with Gasteiger partial charge in [-0.05, 0) is 24.6 Å². The molecule has 0 unspecified atom stereocenters. The average Bonchev–Trinajstić information content (AvgIpc) is 2.54. The maximum atomic E-state index is 12.8. The predicted octanol–water partition coefficient (Wildman–Crippen LogP) is 2.74. The van der Waals surface area contributed by atoms with Crippen molar-refractivity contribution in [3.8, 4) is 5.75 Å². The highest BCUT2D eigenvalue weighted by Crippen LogP contribution is 2.32. The first kappa shape index (κ1) is 16.8. The summed E-state index contributed by atoms with van der Waals surface area (Å²) in [5, 5.41) is 10.9. The van der Waals surface area contributed by atoms with Crippen LogP contribution in [0.5, 0.6) is 5.75 Å². The first-order valence-electron chi connectivity index (χ1n) is 6.66. The highest BCUT2D eigenvalue weighted by Gasteiger charge is 2.27. The molecule has 0 saturated heterocycles. The average molecular weight is 336 g/mol. The van der Waals surface area contributed by atoms with E-state index in [4.69, 9.17) is 4.74 Å². The molecular weight excluding hydrogens is 320 g/mol. The fourth-order valence-corrected chi connectivity index (χ4v) is 3.60. The minimum atomic E-state index is -3.96. The SMILES string of the molecule is COc1ccccc1N(C)S(=O)(=O)c1cc([N+](=O)[O-])ccc1C. The van der Waals surface area contributed by atoms with Gasteiger partial charge in [-0.15, -0.1) is 0 Å². The summed E-state index contributed by atoms with van der Waals surface area (Å²) in [5.74, 6) is 0.390. The Bertz CT molecular complexity index is 849. The van der Waals surface area contributed by atoms with Gasteiger partial charge < -0.3 is 4.74 Å². The van der Waals surface area contributed by atoms with Crippen LogP contribution in [0.25, 0.3) is 0 Å². The number of nitro benzene ring substituents is 1. The van der Waals surface area contributed by atoms with Gasteiger partial charge >= 0.3 is 0 Å². The van der Waals surface area contributed by atoms with Crippen LogP contribution in [0.2, 0.25) is 0 Å². The molecule has 0 aliphatic heterocycles. The van der Waals surface area contributed by atoms with Gasteiger partial charge in [-0.3, -0.25) is 14.4 Å². The van der Waals surface area contributed by atoms with Crippen LogP contribution < -0.4 is 9.04 Å². The number of benzene rings is 2. The van der Waals surface area contributed by atoms with Crippen LogP contribution in [0.15, 0.2) is 47.4 Å². The van der Waals surface area contributed by atoms with Crippen LogP contribution in [0, 0.1) is 17.0 Å². The van der Waals surface area contributed by atoms with Gasteiger partial charge in [-0.25, -0.2) is 8.42 Å². The Morgan fingerprint density at radius 1 is 1.17 bits per heavy atom. The summed E-state index contributed by atoms with van der Waals surface area (Å²) in [6, 6.07) is 10.4. The van der Waals surface area contributed by atoms with Gasteiger partial charge in [0.15, 0.2) is 0 Å². The standard InChI is InChI=1S/C15H16N2O5S/c1-11-8-9-12(17(18)19)10-15(11)23(20,21)16(2)13-6-4-5-7-14(13)22-3/h4-10H,1-3H3. The zero-order valence-electron chi connectivity index (χ0n) is 12.9. The number of methoxy groups -OCH3 is 1. The Morgan fingerprint density at radius 2 is 1.83 bits per heavy atom. The lowest BCUT2D eigenvalue weighted by Crippen LogP contribution is -2.27. The molecule has 2 aromatic rings. The third-order valence-corrected chi connectivity index (χ3v) is 5.36. The summed E-state index contributed by atoms with van der Waals surface area (Å²) >= 11 is 0. The fraction of sp³-hybridized carbons (Fsp3) is 0.200. The lowest BCUT2D eigenvalue weighted by molar-refractivity contribution is -0.385. The summed E-state index contributed by atoms with van der Waals surface area (Å²) in [7, 11) is -1.14. The molecule has 122 valence electrons. The second-order valence-electron chi connectivity index (χ2n) is 4.85. The van der Waals surface area contributed by atoms with Gasteiger partial charge in [0.05, 0.1) is 22.6 Å². The predicted molar refractivity (Wildman–Crippen MR) is 86.4 cm³/mol. The second kappa shape index (κ2) is 6.25. The van der Waals surface area contributed by atoms with Crippen LogP contribution in [-0.4, -0.2) is 27.5 Å². The van der Waals surface area contributed by atoms with Crippen molar-refractivity contribution in [3.63, 3.8) is 0 Å². The van der Waals surface area contributed by atoms with Crippen LogP contribution in [-0.2, 0) is 10.0 Å². The summed E-state index contributed by atoms with van der Waals surface area (Å²) in [6.07, 6.45) is 0. The van der Waals surface area contributed by atoms with Crippen LogP contribution >= 0.6 is 0 Å². The molecule has 0 spiro atoms. The minimum absolute atomic E-state index is 0.111.